The average Bonchev–Trinajstić information content (AvgIpc) is 3.39. The zero-order chi connectivity index (χ0) is 26.4. The summed E-state index contributed by atoms with van der Waals surface area (Å²) >= 11 is 0. The first-order valence-corrected chi connectivity index (χ1v) is 12.8. The van der Waals surface area contributed by atoms with Gasteiger partial charge < -0.3 is 25.2 Å². The third-order valence-corrected chi connectivity index (χ3v) is 6.71. The van der Waals surface area contributed by atoms with E-state index in [2.05, 4.69) is 17.9 Å². The fourth-order valence-corrected chi connectivity index (χ4v) is 4.79. The van der Waals surface area contributed by atoms with Crippen molar-refractivity contribution in [2.45, 2.75) is 51.9 Å². The molecule has 3 aromatic rings. The number of ether oxygens (including phenoxy) is 2. The molecule has 7 heteroatoms. The van der Waals surface area contributed by atoms with Crippen molar-refractivity contribution in [2.75, 3.05) is 24.6 Å². The van der Waals surface area contributed by atoms with Crippen LogP contribution in [0, 0.1) is 5.82 Å². The van der Waals surface area contributed by atoms with Crippen LogP contribution in [0.2, 0.25) is 0 Å². The summed E-state index contributed by atoms with van der Waals surface area (Å²) < 4.78 is 27.5. The summed E-state index contributed by atoms with van der Waals surface area (Å²) in [5.41, 5.74) is 10.1. The maximum Gasteiger partial charge on any atom is 0.307 e. The molecule has 6 nitrogen and oxygen atoms in total. The van der Waals surface area contributed by atoms with E-state index < -0.39 is 12.0 Å². The van der Waals surface area contributed by atoms with Crippen molar-refractivity contribution in [3.05, 3.63) is 83.2 Å². The Morgan fingerprint density at radius 2 is 2.03 bits per heavy atom. The number of nitrogens with zero attached hydrogens (tertiary/aromatic N) is 1. The Labute approximate surface area is 217 Å². The number of halogens is 1. The van der Waals surface area contributed by atoms with Crippen molar-refractivity contribution in [1.29, 1.82) is 0 Å². The summed E-state index contributed by atoms with van der Waals surface area (Å²) in [6.45, 7) is 6.39. The summed E-state index contributed by atoms with van der Waals surface area (Å²) in [5.74, 6) is -0.721. The van der Waals surface area contributed by atoms with Crippen molar-refractivity contribution < 1.29 is 23.8 Å². The fraction of sp³-hybridized carbons (Fsp3) is 0.367. The first kappa shape index (κ1) is 26.6. The molecule has 1 unspecified atom stereocenters. The molecule has 3 aromatic carbocycles. The first-order valence-electron chi connectivity index (χ1n) is 12.8. The van der Waals surface area contributed by atoms with Gasteiger partial charge in [0.05, 0.1) is 12.5 Å². The van der Waals surface area contributed by atoms with E-state index in [1.807, 2.05) is 24.3 Å². The second-order valence-electron chi connectivity index (χ2n) is 9.53. The highest BCUT2D eigenvalue weighted by Gasteiger charge is 2.21. The van der Waals surface area contributed by atoms with E-state index in [-0.39, 0.29) is 24.9 Å². The molecular formula is C30H35FN2O4. The largest absolute Gasteiger partial charge is 0.489 e. The van der Waals surface area contributed by atoms with E-state index in [9.17, 15) is 9.90 Å². The van der Waals surface area contributed by atoms with Gasteiger partial charge in [0.1, 0.15) is 18.2 Å². The molecule has 196 valence electrons. The fourth-order valence-electron chi connectivity index (χ4n) is 4.79. The molecule has 1 saturated heterocycles. The highest BCUT2D eigenvalue weighted by atomic mass is 19.1. The van der Waals surface area contributed by atoms with Crippen LogP contribution < -0.4 is 15.4 Å². The zero-order valence-electron chi connectivity index (χ0n) is 21.5. The van der Waals surface area contributed by atoms with E-state index in [0.29, 0.717) is 22.4 Å². The molecule has 1 heterocycles. The van der Waals surface area contributed by atoms with Crippen molar-refractivity contribution in [3.63, 3.8) is 0 Å². The van der Waals surface area contributed by atoms with E-state index >= 15 is 4.39 Å². The molecule has 0 radical (unpaired) electrons. The molecule has 37 heavy (non-hydrogen) atoms. The molecule has 0 aliphatic carbocycles. The van der Waals surface area contributed by atoms with Gasteiger partial charge in [0.25, 0.3) is 0 Å². The highest BCUT2D eigenvalue weighted by molar-refractivity contribution is 5.72. The van der Waals surface area contributed by atoms with Gasteiger partial charge in [0.2, 0.25) is 0 Å². The number of carbonyl (C=O) groups is 1. The molecule has 4 rings (SSSR count). The summed E-state index contributed by atoms with van der Waals surface area (Å²) in [7, 11) is 0. The van der Waals surface area contributed by atoms with Crippen LogP contribution in [0.15, 0.2) is 60.7 Å². The molecule has 1 aliphatic heterocycles. The molecule has 3 N–H and O–H groups in total. The van der Waals surface area contributed by atoms with Crippen LogP contribution in [0.25, 0.3) is 11.1 Å². The molecule has 0 saturated carbocycles. The van der Waals surface area contributed by atoms with E-state index in [1.165, 1.54) is 0 Å². The lowest BCUT2D eigenvalue weighted by atomic mass is 9.97. The number of carboxylic acids is 1. The number of para-hydroxylation sites is 1. The second-order valence-corrected chi connectivity index (χ2v) is 9.53. The Morgan fingerprint density at radius 3 is 2.73 bits per heavy atom. The maximum absolute atomic E-state index is 15.5. The summed E-state index contributed by atoms with van der Waals surface area (Å²) in [6.07, 6.45) is 2.13. The normalized spacial score (nSPS) is 15.9. The predicted molar refractivity (Wildman–Crippen MR) is 143 cm³/mol. The highest BCUT2D eigenvalue weighted by Crippen LogP contribution is 2.33. The Hall–Kier alpha value is -3.42. The second kappa shape index (κ2) is 12.2. The van der Waals surface area contributed by atoms with E-state index in [0.717, 1.165) is 49.4 Å². The third kappa shape index (κ3) is 6.67. The van der Waals surface area contributed by atoms with Gasteiger partial charge >= 0.3 is 5.97 Å². The monoisotopic (exact) mass is 506 g/mol. The average molecular weight is 507 g/mol. The van der Waals surface area contributed by atoms with Crippen molar-refractivity contribution in [3.8, 4) is 16.9 Å². The Balaban J connectivity index is 1.70. The molecule has 1 aliphatic rings. The minimum atomic E-state index is -0.919. The number of likely N-dealkylation sites (N-methyl/N-ethyl adjacent to an activating group) is 1. The number of benzene rings is 3. The number of hydrogen-bond acceptors (Lipinski definition) is 5. The molecule has 0 amide bonds. The summed E-state index contributed by atoms with van der Waals surface area (Å²) in [5, 5.41) is 9.25. The van der Waals surface area contributed by atoms with Crippen LogP contribution in [-0.4, -0.2) is 36.9 Å². The molecule has 2 atom stereocenters. The number of nitrogens with two attached hydrogens (primary N) is 1. The topological polar surface area (TPSA) is 85.0 Å². The molecule has 0 aromatic heterocycles. The SMILES string of the molecule is CCN(CC1CCCO1)c1cc(COc2ccccc2CC(=O)O)cc(-c2cccc([C@@H](C)N)c2F)c1. The molecule has 0 bridgehead atoms. The lowest BCUT2D eigenvalue weighted by Gasteiger charge is -2.27. The summed E-state index contributed by atoms with van der Waals surface area (Å²) in [6, 6.07) is 18.0. The maximum atomic E-state index is 15.5. The van der Waals surface area contributed by atoms with Gasteiger partial charge in [-0.25, -0.2) is 4.39 Å². The van der Waals surface area contributed by atoms with Gasteiger partial charge in [0, 0.05) is 48.1 Å². The van der Waals surface area contributed by atoms with Gasteiger partial charge in [-0.1, -0.05) is 36.4 Å². The van der Waals surface area contributed by atoms with Crippen molar-refractivity contribution in [1.82, 2.24) is 0 Å². The third-order valence-electron chi connectivity index (χ3n) is 6.71. The van der Waals surface area contributed by atoms with Gasteiger partial charge in [-0.15, -0.1) is 0 Å². The standard InChI is InChI=1S/C30H35FN2O4/c1-3-33(18-25-9-7-13-36-25)24-15-21(19-37-28-12-5-4-8-22(28)17-29(34)35)14-23(16-24)27-11-6-10-26(20(2)32)30(27)31/h4-6,8,10-12,14-16,20,25H,3,7,9,13,17-19,32H2,1-2H3,(H,34,35)/t20-,25?/m1/s1. The Kier molecular flexibility index (Phi) is 8.79. The Morgan fingerprint density at radius 1 is 1.22 bits per heavy atom. The molecular weight excluding hydrogens is 471 g/mol. The lowest BCUT2D eigenvalue weighted by molar-refractivity contribution is -0.136. The van der Waals surface area contributed by atoms with Gasteiger partial charge in [-0.05, 0) is 62.1 Å². The van der Waals surface area contributed by atoms with Gasteiger partial charge in [0.15, 0.2) is 0 Å². The summed E-state index contributed by atoms with van der Waals surface area (Å²) in [4.78, 5) is 13.5. The Bertz CT molecular complexity index is 1220. The smallest absolute Gasteiger partial charge is 0.307 e. The van der Waals surface area contributed by atoms with E-state index in [4.69, 9.17) is 15.2 Å². The van der Waals surface area contributed by atoms with Crippen LogP contribution in [0.3, 0.4) is 0 Å². The van der Waals surface area contributed by atoms with Crippen LogP contribution in [0.1, 0.15) is 49.4 Å². The zero-order valence-corrected chi connectivity index (χ0v) is 21.5. The minimum absolute atomic E-state index is 0.123. The van der Waals surface area contributed by atoms with Crippen LogP contribution >= 0.6 is 0 Å². The van der Waals surface area contributed by atoms with Crippen molar-refractivity contribution in [2.24, 2.45) is 5.73 Å². The number of hydrogen-bond donors (Lipinski definition) is 2. The van der Waals surface area contributed by atoms with Crippen LogP contribution in [-0.2, 0) is 22.6 Å². The first-order chi connectivity index (χ1) is 17.9. The van der Waals surface area contributed by atoms with Crippen molar-refractivity contribution >= 4 is 11.7 Å². The lowest BCUT2D eigenvalue weighted by Crippen LogP contribution is -2.32. The molecule has 0 spiro atoms. The van der Waals surface area contributed by atoms with Gasteiger partial charge in [-0.2, -0.15) is 0 Å². The minimum Gasteiger partial charge on any atom is -0.489 e. The molecule has 1 fully saturated rings. The van der Waals surface area contributed by atoms with E-state index in [1.54, 1.807) is 37.3 Å². The number of aliphatic carboxylic acids is 1. The quantitative estimate of drug-likeness (QED) is 0.346. The van der Waals surface area contributed by atoms with Crippen LogP contribution in [0.4, 0.5) is 10.1 Å². The number of anilines is 1. The van der Waals surface area contributed by atoms with Gasteiger partial charge in [-0.3, -0.25) is 4.79 Å². The predicted octanol–water partition coefficient (Wildman–Crippen LogP) is 5.72. The number of carboxylic acid groups (broad SMARTS) is 1. The number of rotatable bonds is 11. The van der Waals surface area contributed by atoms with Crippen LogP contribution in [0.5, 0.6) is 5.75 Å².